The molecule has 1 aromatic rings. The van der Waals surface area contributed by atoms with Gasteiger partial charge in [0.1, 0.15) is 0 Å². The van der Waals surface area contributed by atoms with Gasteiger partial charge in [-0.1, -0.05) is 12.2 Å². The molecule has 0 spiro atoms. The van der Waals surface area contributed by atoms with Gasteiger partial charge in [-0.25, -0.2) is 0 Å². The number of anilines is 1. The molecule has 1 aromatic heterocycles. The van der Waals surface area contributed by atoms with Crippen LogP contribution in [0.4, 0.5) is 5.95 Å². The number of aromatic nitrogens is 2. The first-order valence-corrected chi connectivity index (χ1v) is 5.85. The van der Waals surface area contributed by atoms with Gasteiger partial charge in [-0.05, 0) is 24.4 Å². The number of rotatable bonds is 2. The zero-order valence-corrected chi connectivity index (χ0v) is 9.17. The van der Waals surface area contributed by atoms with Crippen LogP contribution < -0.4 is 10.6 Å². The first kappa shape index (κ1) is 9.84. The van der Waals surface area contributed by atoms with Crippen LogP contribution in [0.15, 0.2) is 16.7 Å². The standard InChI is InChI=1S/C11H16N4O/c12-9-4-3-8(7-9)10-13-11(14-16-10)15-5-1-2-6-15/h3-4,8-9H,1-2,5-7,12H2. The molecular weight excluding hydrogens is 204 g/mol. The summed E-state index contributed by atoms with van der Waals surface area (Å²) in [7, 11) is 0. The topological polar surface area (TPSA) is 68.2 Å². The van der Waals surface area contributed by atoms with E-state index in [4.69, 9.17) is 10.3 Å². The van der Waals surface area contributed by atoms with Crippen molar-refractivity contribution in [2.45, 2.75) is 31.2 Å². The predicted molar refractivity (Wildman–Crippen MR) is 60.2 cm³/mol. The van der Waals surface area contributed by atoms with Crippen LogP contribution in [0.2, 0.25) is 0 Å². The quantitative estimate of drug-likeness (QED) is 0.754. The van der Waals surface area contributed by atoms with Crippen molar-refractivity contribution in [3.05, 3.63) is 18.0 Å². The number of hydrogen-bond acceptors (Lipinski definition) is 5. The fraction of sp³-hybridized carbons (Fsp3) is 0.636. The van der Waals surface area contributed by atoms with Crippen molar-refractivity contribution in [1.29, 1.82) is 0 Å². The lowest BCUT2D eigenvalue weighted by atomic mass is 10.1. The monoisotopic (exact) mass is 220 g/mol. The van der Waals surface area contributed by atoms with Crippen LogP contribution in [0.1, 0.15) is 31.1 Å². The Hall–Kier alpha value is -1.36. The van der Waals surface area contributed by atoms with Gasteiger partial charge in [0.2, 0.25) is 5.89 Å². The Morgan fingerprint density at radius 2 is 2.12 bits per heavy atom. The SMILES string of the molecule is NC1C=CC(c2nc(N3CCCC3)no2)C1. The largest absolute Gasteiger partial charge is 0.338 e. The van der Waals surface area contributed by atoms with Crippen LogP contribution in [0, 0.1) is 0 Å². The molecule has 86 valence electrons. The highest BCUT2D eigenvalue weighted by Gasteiger charge is 2.25. The molecule has 1 saturated heterocycles. The number of hydrogen-bond donors (Lipinski definition) is 1. The van der Waals surface area contributed by atoms with E-state index in [0.29, 0.717) is 5.89 Å². The summed E-state index contributed by atoms with van der Waals surface area (Å²) in [5.41, 5.74) is 5.80. The second-order valence-electron chi connectivity index (χ2n) is 4.52. The van der Waals surface area contributed by atoms with Crippen molar-refractivity contribution < 1.29 is 4.52 Å². The molecule has 2 heterocycles. The average Bonchev–Trinajstić information content (AvgIpc) is 2.97. The van der Waals surface area contributed by atoms with Crippen molar-refractivity contribution in [3.8, 4) is 0 Å². The summed E-state index contributed by atoms with van der Waals surface area (Å²) < 4.78 is 5.30. The summed E-state index contributed by atoms with van der Waals surface area (Å²) in [6.45, 7) is 2.08. The zero-order chi connectivity index (χ0) is 11.0. The number of nitrogens with zero attached hydrogens (tertiary/aromatic N) is 3. The Labute approximate surface area is 94.3 Å². The summed E-state index contributed by atoms with van der Waals surface area (Å²) in [6.07, 6.45) is 7.38. The molecule has 1 fully saturated rings. The molecule has 0 bridgehead atoms. The summed E-state index contributed by atoms with van der Waals surface area (Å²) in [6, 6.07) is 0.132. The molecule has 0 aromatic carbocycles. The van der Waals surface area contributed by atoms with E-state index < -0.39 is 0 Å². The molecule has 0 amide bonds. The fourth-order valence-electron chi connectivity index (χ4n) is 2.33. The zero-order valence-electron chi connectivity index (χ0n) is 9.17. The van der Waals surface area contributed by atoms with E-state index in [1.54, 1.807) is 0 Å². The van der Waals surface area contributed by atoms with Gasteiger partial charge in [-0.2, -0.15) is 4.98 Å². The molecule has 1 aliphatic heterocycles. The third-order valence-electron chi connectivity index (χ3n) is 3.25. The van der Waals surface area contributed by atoms with E-state index in [1.807, 2.05) is 6.08 Å². The summed E-state index contributed by atoms with van der Waals surface area (Å²) in [5.74, 6) is 1.64. The van der Waals surface area contributed by atoms with Gasteiger partial charge in [0.25, 0.3) is 5.95 Å². The molecule has 1 aliphatic carbocycles. The molecule has 3 rings (SSSR count). The second kappa shape index (κ2) is 3.90. The van der Waals surface area contributed by atoms with Crippen LogP contribution in [0.25, 0.3) is 0 Å². The van der Waals surface area contributed by atoms with E-state index in [1.165, 1.54) is 12.8 Å². The van der Waals surface area contributed by atoms with Crippen LogP contribution in [0.3, 0.4) is 0 Å². The van der Waals surface area contributed by atoms with Gasteiger partial charge in [-0.3, -0.25) is 0 Å². The number of allylic oxidation sites excluding steroid dienone is 1. The van der Waals surface area contributed by atoms with Crippen molar-refractivity contribution in [1.82, 2.24) is 10.1 Å². The third-order valence-corrected chi connectivity index (χ3v) is 3.25. The smallest absolute Gasteiger partial charge is 0.266 e. The minimum Gasteiger partial charge on any atom is -0.338 e. The molecule has 2 N–H and O–H groups in total. The van der Waals surface area contributed by atoms with E-state index in [9.17, 15) is 0 Å². The Balaban J connectivity index is 1.75. The Kier molecular flexibility index (Phi) is 2.40. The predicted octanol–water partition coefficient (Wildman–Crippen LogP) is 1.04. The lowest BCUT2D eigenvalue weighted by molar-refractivity contribution is 0.364. The van der Waals surface area contributed by atoms with Crippen LogP contribution >= 0.6 is 0 Å². The highest BCUT2D eigenvalue weighted by molar-refractivity contribution is 5.30. The first-order chi connectivity index (χ1) is 7.83. The van der Waals surface area contributed by atoms with Crippen LogP contribution in [0.5, 0.6) is 0 Å². The lowest BCUT2D eigenvalue weighted by Gasteiger charge is -2.09. The summed E-state index contributed by atoms with van der Waals surface area (Å²) in [5, 5.41) is 4.03. The van der Waals surface area contributed by atoms with E-state index >= 15 is 0 Å². The van der Waals surface area contributed by atoms with Gasteiger partial charge in [0.05, 0.1) is 5.92 Å². The normalized spacial score (nSPS) is 29.2. The third kappa shape index (κ3) is 1.71. The molecule has 0 saturated carbocycles. The van der Waals surface area contributed by atoms with Crippen molar-refractivity contribution in [3.63, 3.8) is 0 Å². The molecule has 2 unspecified atom stereocenters. The van der Waals surface area contributed by atoms with Gasteiger partial charge in [0, 0.05) is 19.1 Å². The summed E-state index contributed by atoms with van der Waals surface area (Å²) >= 11 is 0. The maximum absolute atomic E-state index is 5.80. The van der Waals surface area contributed by atoms with E-state index in [2.05, 4.69) is 21.1 Å². The van der Waals surface area contributed by atoms with Crippen molar-refractivity contribution >= 4 is 5.95 Å². The van der Waals surface area contributed by atoms with Crippen LogP contribution in [-0.4, -0.2) is 29.3 Å². The highest BCUT2D eigenvalue weighted by Crippen LogP contribution is 2.28. The van der Waals surface area contributed by atoms with Gasteiger partial charge in [0.15, 0.2) is 0 Å². The molecule has 0 radical (unpaired) electrons. The summed E-state index contributed by atoms with van der Waals surface area (Å²) in [4.78, 5) is 6.62. The van der Waals surface area contributed by atoms with E-state index in [0.717, 1.165) is 25.5 Å². The van der Waals surface area contributed by atoms with Crippen LogP contribution in [-0.2, 0) is 0 Å². The maximum atomic E-state index is 5.80. The van der Waals surface area contributed by atoms with Gasteiger partial charge < -0.3 is 15.2 Å². The molecule has 2 atom stereocenters. The molecule has 2 aliphatic rings. The Morgan fingerprint density at radius 1 is 1.31 bits per heavy atom. The lowest BCUT2D eigenvalue weighted by Crippen LogP contribution is -2.19. The first-order valence-electron chi connectivity index (χ1n) is 5.85. The molecule has 5 nitrogen and oxygen atoms in total. The molecule has 16 heavy (non-hydrogen) atoms. The average molecular weight is 220 g/mol. The molecule has 5 heteroatoms. The molecular formula is C11H16N4O. The maximum Gasteiger partial charge on any atom is 0.266 e. The Morgan fingerprint density at radius 3 is 2.81 bits per heavy atom. The Bertz CT molecular complexity index is 394. The van der Waals surface area contributed by atoms with E-state index in [-0.39, 0.29) is 12.0 Å². The minimum absolute atomic E-state index is 0.132. The number of nitrogens with two attached hydrogens (primary N) is 1. The van der Waals surface area contributed by atoms with Gasteiger partial charge in [-0.15, -0.1) is 0 Å². The van der Waals surface area contributed by atoms with Crippen molar-refractivity contribution in [2.24, 2.45) is 5.73 Å². The highest BCUT2D eigenvalue weighted by atomic mass is 16.5. The fourth-order valence-corrected chi connectivity index (χ4v) is 2.33. The minimum atomic E-state index is 0.132. The van der Waals surface area contributed by atoms with Gasteiger partial charge >= 0.3 is 0 Å². The second-order valence-corrected chi connectivity index (χ2v) is 4.52. The van der Waals surface area contributed by atoms with Crippen molar-refractivity contribution in [2.75, 3.05) is 18.0 Å².